The summed E-state index contributed by atoms with van der Waals surface area (Å²) in [6.07, 6.45) is 4.82. The number of rotatable bonds is 3. The second kappa shape index (κ2) is 5.38. The van der Waals surface area contributed by atoms with Gasteiger partial charge in [0.25, 0.3) is 0 Å². The molecular formula is C19H20N2. The van der Waals surface area contributed by atoms with E-state index in [1.807, 2.05) is 0 Å². The average molecular weight is 276 g/mol. The van der Waals surface area contributed by atoms with Gasteiger partial charge in [-0.1, -0.05) is 48.5 Å². The molecule has 1 aromatic heterocycles. The zero-order chi connectivity index (χ0) is 14.1. The van der Waals surface area contributed by atoms with E-state index in [1.165, 1.54) is 48.0 Å². The molecule has 1 saturated heterocycles. The maximum atomic E-state index is 3.44. The van der Waals surface area contributed by atoms with Crippen LogP contribution in [0.4, 0.5) is 0 Å². The monoisotopic (exact) mass is 276 g/mol. The summed E-state index contributed by atoms with van der Waals surface area (Å²) in [5, 5.41) is 1.35. The number of nitrogens with zero attached hydrogens (tertiary/aromatic N) is 1. The van der Waals surface area contributed by atoms with E-state index in [9.17, 15) is 0 Å². The lowest BCUT2D eigenvalue weighted by atomic mass is 9.97. The predicted octanol–water partition coefficient (Wildman–Crippen LogP) is 4.35. The van der Waals surface area contributed by atoms with Gasteiger partial charge in [0.05, 0.1) is 6.04 Å². The van der Waals surface area contributed by atoms with Gasteiger partial charge in [-0.05, 0) is 43.1 Å². The van der Waals surface area contributed by atoms with Crippen LogP contribution in [0.1, 0.15) is 30.0 Å². The van der Waals surface area contributed by atoms with Crippen LogP contribution in [-0.2, 0) is 0 Å². The lowest BCUT2D eigenvalue weighted by molar-refractivity contribution is 0.282. The molecule has 1 aliphatic rings. The fourth-order valence-electron chi connectivity index (χ4n) is 3.54. The predicted molar refractivity (Wildman–Crippen MR) is 87.4 cm³/mol. The van der Waals surface area contributed by atoms with Crippen molar-refractivity contribution >= 4 is 10.9 Å². The van der Waals surface area contributed by atoms with Crippen molar-refractivity contribution < 1.29 is 0 Å². The molecule has 2 heterocycles. The Morgan fingerprint density at radius 2 is 1.57 bits per heavy atom. The molecule has 2 nitrogen and oxygen atoms in total. The minimum absolute atomic E-state index is 0.366. The standard InChI is InChI=1S/C19H20N2/c1-2-8-15(9-3-1)19(21-12-6-7-13-21)17-14-20-18-11-5-4-10-16(17)18/h1-5,8-11,14,19-20H,6-7,12-13H2. The van der Waals surface area contributed by atoms with Crippen LogP contribution in [0.15, 0.2) is 60.8 Å². The van der Waals surface area contributed by atoms with E-state index in [-0.39, 0.29) is 0 Å². The summed E-state index contributed by atoms with van der Waals surface area (Å²) in [6.45, 7) is 2.39. The average Bonchev–Trinajstić information content (AvgIpc) is 3.20. The molecule has 21 heavy (non-hydrogen) atoms. The van der Waals surface area contributed by atoms with Crippen molar-refractivity contribution in [1.29, 1.82) is 0 Å². The molecule has 0 amide bonds. The van der Waals surface area contributed by atoms with E-state index in [1.54, 1.807) is 0 Å². The Morgan fingerprint density at radius 3 is 2.38 bits per heavy atom. The fraction of sp³-hybridized carbons (Fsp3) is 0.263. The number of hydrogen-bond donors (Lipinski definition) is 1. The number of hydrogen-bond acceptors (Lipinski definition) is 1. The Labute approximate surface area is 125 Å². The highest BCUT2D eigenvalue weighted by Crippen LogP contribution is 2.35. The molecule has 106 valence electrons. The highest BCUT2D eigenvalue weighted by molar-refractivity contribution is 5.84. The number of nitrogens with one attached hydrogen (secondary N) is 1. The van der Waals surface area contributed by atoms with Gasteiger partial charge in [0.15, 0.2) is 0 Å². The van der Waals surface area contributed by atoms with Gasteiger partial charge in [0.1, 0.15) is 0 Å². The molecule has 0 spiro atoms. The van der Waals surface area contributed by atoms with Crippen LogP contribution in [0.25, 0.3) is 10.9 Å². The van der Waals surface area contributed by atoms with Gasteiger partial charge in [-0.3, -0.25) is 4.90 Å². The summed E-state index contributed by atoms with van der Waals surface area (Å²) in [5.74, 6) is 0. The summed E-state index contributed by atoms with van der Waals surface area (Å²) in [6, 6.07) is 19.9. The van der Waals surface area contributed by atoms with E-state index in [4.69, 9.17) is 0 Å². The van der Waals surface area contributed by atoms with Crippen molar-refractivity contribution in [1.82, 2.24) is 9.88 Å². The molecule has 1 fully saturated rings. The van der Waals surface area contributed by atoms with E-state index in [0.717, 1.165) is 0 Å². The lowest BCUT2D eigenvalue weighted by Gasteiger charge is -2.28. The van der Waals surface area contributed by atoms with Crippen LogP contribution in [0.3, 0.4) is 0 Å². The normalized spacial score (nSPS) is 17.3. The Balaban J connectivity index is 1.85. The quantitative estimate of drug-likeness (QED) is 0.753. The van der Waals surface area contributed by atoms with Crippen molar-refractivity contribution in [2.24, 2.45) is 0 Å². The Bertz CT molecular complexity index is 723. The SMILES string of the molecule is c1ccc(C(c2c[nH]c3ccccc23)N2CCCC2)cc1. The van der Waals surface area contributed by atoms with Crippen molar-refractivity contribution in [2.45, 2.75) is 18.9 Å². The lowest BCUT2D eigenvalue weighted by Crippen LogP contribution is -2.26. The van der Waals surface area contributed by atoms with E-state index < -0.39 is 0 Å². The molecule has 0 saturated carbocycles. The van der Waals surface area contributed by atoms with Crippen LogP contribution in [0.2, 0.25) is 0 Å². The summed E-state index contributed by atoms with van der Waals surface area (Å²) in [4.78, 5) is 6.05. The van der Waals surface area contributed by atoms with Crippen molar-refractivity contribution in [2.75, 3.05) is 13.1 Å². The third-order valence-electron chi connectivity index (χ3n) is 4.54. The first-order valence-electron chi connectivity index (χ1n) is 7.78. The highest BCUT2D eigenvalue weighted by atomic mass is 15.2. The van der Waals surface area contributed by atoms with Gasteiger partial charge in [-0.2, -0.15) is 0 Å². The van der Waals surface area contributed by atoms with Crippen molar-refractivity contribution in [3.63, 3.8) is 0 Å². The van der Waals surface area contributed by atoms with Crippen molar-refractivity contribution in [3.8, 4) is 0 Å². The fourth-order valence-corrected chi connectivity index (χ4v) is 3.54. The van der Waals surface area contributed by atoms with Crippen LogP contribution in [0.5, 0.6) is 0 Å². The molecule has 4 rings (SSSR count). The molecule has 0 radical (unpaired) electrons. The number of aromatic amines is 1. The minimum atomic E-state index is 0.366. The number of aromatic nitrogens is 1. The Morgan fingerprint density at radius 1 is 0.857 bits per heavy atom. The van der Waals surface area contributed by atoms with Crippen LogP contribution < -0.4 is 0 Å². The molecule has 0 aliphatic carbocycles. The van der Waals surface area contributed by atoms with Gasteiger partial charge in [-0.25, -0.2) is 0 Å². The second-order valence-corrected chi connectivity index (χ2v) is 5.85. The first-order chi connectivity index (χ1) is 10.4. The molecule has 1 aliphatic heterocycles. The van der Waals surface area contributed by atoms with Gasteiger partial charge < -0.3 is 4.98 Å². The van der Waals surface area contributed by atoms with E-state index >= 15 is 0 Å². The zero-order valence-corrected chi connectivity index (χ0v) is 12.1. The Kier molecular flexibility index (Phi) is 3.24. The van der Waals surface area contributed by atoms with Gasteiger partial charge in [0, 0.05) is 17.1 Å². The molecule has 1 atom stereocenters. The van der Waals surface area contributed by atoms with E-state index in [2.05, 4.69) is 70.7 Å². The molecule has 3 aromatic rings. The summed E-state index contributed by atoms with van der Waals surface area (Å²) in [5.41, 5.74) is 4.02. The maximum absolute atomic E-state index is 3.44. The molecular weight excluding hydrogens is 256 g/mol. The third kappa shape index (κ3) is 2.26. The summed E-state index contributed by atoms with van der Waals surface area (Å²) in [7, 11) is 0. The first-order valence-corrected chi connectivity index (χ1v) is 7.78. The van der Waals surface area contributed by atoms with Gasteiger partial charge in [0.2, 0.25) is 0 Å². The molecule has 1 unspecified atom stereocenters. The van der Waals surface area contributed by atoms with Gasteiger partial charge in [-0.15, -0.1) is 0 Å². The number of likely N-dealkylation sites (tertiary alicyclic amines) is 1. The molecule has 2 aromatic carbocycles. The third-order valence-corrected chi connectivity index (χ3v) is 4.54. The number of benzene rings is 2. The largest absolute Gasteiger partial charge is 0.361 e. The Hall–Kier alpha value is -2.06. The van der Waals surface area contributed by atoms with E-state index in [0.29, 0.717) is 6.04 Å². The summed E-state index contributed by atoms with van der Waals surface area (Å²) >= 11 is 0. The van der Waals surface area contributed by atoms with Crippen LogP contribution in [-0.4, -0.2) is 23.0 Å². The summed E-state index contributed by atoms with van der Waals surface area (Å²) < 4.78 is 0. The topological polar surface area (TPSA) is 19.0 Å². The minimum Gasteiger partial charge on any atom is -0.361 e. The molecule has 1 N–H and O–H groups in total. The highest BCUT2D eigenvalue weighted by Gasteiger charge is 2.26. The second-order valence-electron chi connectivity index (χ2n) is 5.85. The smallest absolute Gasteiger partial charge is 0.0622 e. The maximum Gasteiger partial charge on any atom is 0.0622 e. The van der Waals surface area contributed by atoms with Crippen molar-refractivity contribution in [3.05, 3.63) is 71.9 Å². The number of H-pyrrole nitrogens is 1. The number of para-hydroxylation sites is 1. The van der Waals surface area contributed by atoms with Crippen LogP contribution in [0, 0.1) is 0 Å². The van der Waals surface area contributed by atoms with Crippen LogP contribution >= 0.6 is 0 Å². The molecule has 2 heteroatoms. The number of fused-ring (bicyclic) bond motifs is 1. The first kappa shape index (κ1) is 12.7. The molecule has 0 bridgehead atoms. The zero-order valence-electron chi connectivity index (χ0n) is 12.1. The van der Waals surface area contributed by atoms with Gasteiger partial charge >= 0.3 is 0 Å².